The number of benzene rings is 4. The molecule has 0 saturated heterocycles. The number of aromatic nitrogens is 3. The maximum atomic E-state index is 5.87. The third kappa shape index (κ3) is 6.16. The molecule has 2 atom stereocenters. The topological polar surface area (TPSA) is 41.9 Å². The molecule has 0 fully saturated rings. The third-order valence-electron chi connectivity index (χ3n) is 10.1. The van der Waals surface area contributed by atoms with Crippen LogP contribution in [0.3, 0.4) is 0 Å². The van der Waals surface area contributed by atoms with E-state index in [-0.39, 0.29) is 11.3 Å². The zero-order valence-electron chi connectivity index (χ0n) is 29.2. The van der Waals surface area contributed by atoms with Crippen LogP contribution in [-0.4, -0.2) is 15.0 Å². The van der Waals surface area contributed by atoms with E-state index in [1.54, 1.807) is 0 Å². The van der Waals surface area contributed by atoms with Gasteiger partial charge in [-0.3, -0.25) is 0 Å². The highest BCUT2D eigenvalue weighted by molar-refractivity contribution is 7.80. The number of allylic oxidation sites excluding steroid dienone is 12. The van der Waals surface area contributed by atoms with E-state index < -0.39 is 0 Å². The van der Waals surface area contributed by atoms with Gasteiger partial charge in [0, 0.05) is 49.9 Å². The van der Waals surface area contributed by atoms with Crippen molar-refractivity contribution >= 4 is 35.1 Å². The van der Waals surface area contributed by atoms with Crippen LogP contribution in [0.4, 0.5) is 11.4 Å². The molecule has 1 aromatic heterocycles. The average Bonchev–Trinajstić information content (AvgIpc) is 3.52. The van der Waals surface area contributed by atoms with Crippen molar-refractivity contribution in [3.63, 3.8) is 0 Å². The Hall–Kier alpha value is -5.96. The predicted octanol–water partition coefficient (Wildman–Crippen LogP) is 11.5. The van der Waals surface area contributed by atoms with E-state index in [2.05, 4.69) is 133 Å². The van der Waals surface area contributed by atoms with Crippen LogP contribution in [0.25, 0.3) is 33.9 Å². The van der Waals surface area contributed by atoms with Crippen molar-refractivity contribution in [3.05, 3.63) is 180 Å². The molecule has 1 aliphatic heterocycles. The summed E-state index contributed by atoms with van der Waals surface area (Å²) in [6.45, 7) is 4.17. The van der Waals surface area contributed by atoms with Crippen molar-refractivity contribution in [2.45, 2.75) is 42.9 Å². The highest BCUT2D eigenvalue weighted by Crippen LogP contribution is 2.53. The number of rotatable bonds is 7. The smallest absolute Gasteiger partial charge is 0.163 e. The van der Waals surface area contributed by atoms with Gasteiger partial charge >= 0.3 is 0 Å². The molecule has 0 N–H and O–H groups in total. The molecule has 4 aromatic carbocycles. The van der Waals surface area contributed by atoms with Gasteiger partial charge in [-0.05, 0) is 79.8 Å². The fraction of sp³-hybridized carbons (Fsp3) is 0.128. The molecule has 3 aliphatic rings. The van der Waals surface area contributed by atoms with Gasteiger partial charge in [-0.1, -0.05) is 121 Å². The first-order valence-corrected chi connectivity index (χ1v) is 18.1. The van der Waals surface area contributed by atoms with Gasteiger partial charge in [-0.25, -0.2) is 15.0 Å². The lowest BCUT2D eigenvalue weighted by Gasteiger charge is -2.26. The second kappa shape index (κ2) is 14.0. The molecule has 252 valence electrons. The Labute approximate surface area is 311 Å². The van der Waals surface area contributed by atoms with Gasteiger partial charge < -0.3 is 4.90 Å². The van der Waals surface area contributed by atoms with Crippen LogP contribution >= 0.6 is 12.6 Å². The molecule has 52 heavy (non-hydrogen) atoms. The summed E-state index contributed by atoms with van der Waals surface area (Å²) in [5.74, 6) is 5.14. The van der Waals surface area contributed by atoms with Gasteiger partial charge in [0.15, 0.2) is 11.6 Å². The highest BCUT2D eigenvalue weighted by atomic mass is 32.1. The van der Waals surface area contributed by atoms with E-state index in [4.69, 9.17) is 34.0 Å². The average molecular weight is 691 g/mol. The Morgan fingerprint density at radius 2 is 1.63 bits per heavy atom. The van der Waals surface area contributed by atoms with Gasteiger partial charge in [-0.2, -0.15) is 0 Å². The standard InChI is InChI=1S/C47H38N4S/c1-4-6-16-32(5-2)38-24-21-35(31-43(38)52)34-22-25-39-40-26-23-36(30-42(40)51(41(39)29-34)37-19-12-8-13-20-37)45-48-44(33-17-10-7-11-18-33)49-46(50-45)47(3)27-14-9-15-28-47/h2,4,6-24,26-27,29-31,39,52H,25,28H2,1,3H3/b6-4-,32-16+. The lowest BCUT2D eigenvalue weighted by Crippen LogP contribution is -2.24. The van der Waals surface area contributed by atoms with Crippen LogP contribution in [0.2, 0.25) is 0 Å². The molecule has 0 bridgehead atoms. The summed E-state index contributed by atoms with van der Waals surface area (Å²) in [4.78, 5) is 18.5. The summed E-state index contributed by atoms with van der Waals surface area (Å²) in [6.07, 6.45) is 26.7. The van der Waals surface area contributed by atoms with Crippen LogP contribution in [0.1, 0.15) is 55.1 Å². The number of terminal acetylenes is 1. The van der Waals surface area contributed by atoms with Crippen molar-refractivity contribution in [1.82, 2.24) is 15.0 Å². The first-order valence-electron chi connectivity index (χ1n) is 17.7. The van der Waals surface area contributed by atoms with E-state index in [9.17, 15) is 0 Å². The van der Waals surface area contributed by atoms with Crippen LogP contribution in [0.5, 0.6) is 0 Å². The van der Waals surface area contributed by atoms with Crippen LogP contribution < -0.4 is 4.90 Å². The first-order chi connectivity index (χ1) is 25.5. The van der Waals surface area contributed by atoms with Gasteiger partial charge in [0.2, 0.25) is 0 Å². The van der Waals surface area contributed by atoms with Crippen molar-refractivity contribution in [3.8, 4) is 35.1 Å². The Morgan fingerprint density at radius 1 is 0.885 bits per heavy atom. The van der Waals surface area contributed by atoms with Crippen molar-refractivity contribution in [2.24, 2.45) is 0 Å². The summed E-state index contributed by atoms with van der Waals surface area (Å²) in [6, 6.07) is 33.8. The molecule has 5 heteroatoms. The molecular weight excluding hydrogens is 653 g/mol. The summed E-state index contributed by atoms with van der Waals surface area (Å²) in [5.41, 5.74) is 10.4. The molecule has 2 aliphatic carbocycles. The van der Waals surface area contributed by atoms with Crippen LogP contribution in [-0.2, 0) is 5.41 Å². The Balaban J connectivity index is 1.22. The Morgan fingerprint density at radius 3 is 2.35 bits per heavy atom. The minimum Gasteiger partial charge on any atom is -0.313 e. The van der Waals surface area contributed by atoms with Gasteiger partial charge in [-0.15, -0.1) is 19.1 Å². The van der Waals surface area contributed by atoms with Gasteiger partial charge in [0.1, 0.15) is 5.82 Å². The number of hydrogen-bond acceptors (Lipinski definition) is 5. The molecule has 4 nitrogen and oxygen atoms in total. The fourth-order valence-electron chi connectivity index (χ4n) is 7.28. The normalized spacial score (nSPS) is 19.2. The maximum absolute atomic E-state index is 5.87. The number of hydrogen-bond donors (Lipinski definition) is 1. The van der Waals surface area contributed by atoms with E-state index >= 15 is 0 Å². The van der Waals surface area contributed by atoms with Gasteiger partial charge in [0.25, 0.3) is 0 Å². The Bertz CT molecular complexity index is 2410. The van der Waals surface area contributed by atoms with Crippen LogP contribution in [0.15, 0.2) is 162 Å². The fourth-order valence-corrected chi connectivity index (χ4v) is 7.62. The van der Waals surface area contributed by atoms with E-state index in [0.29, 0.717) is 11.6 Å². The monoisotopic (exact) mass is 690 g/mol. The largest absolute Gasteiger partial charge is 0.313 e. The summed E-state index contributed by atoms with van der Waals surface area (Å²) in [5, 5.41) is 0. The van der Waals surface area contributed by atoms with Crippen LogP contribution in [0, 0.1) is 12.3 Å². The molecule has 5 aromatic rings. The molecule has 8 rings (SSSR count). The lowest BCUT2D eigenvalue weighted by atomic mass is 9.83. The van der Waals surface area contributed by atoms with Gasteiger partial charge in [0.05, 0.1) is 5.69 Å². The number of nitrogens with zero attached hydrogens (tertiary/aromatic N) is 4. The highest BCUT2D eigenvalue weighted by Gasteiger charge is 2.37. The zero-order valence-corrected chi connectivity index (χ0v) is 30.1. The third-order valence-corrected chi connectivity index (χ3v) is 10.4. The second-order valence-corrected chi connectivity index (χ2v) is 14.0. The molecule has 2 heterocycles. The first kappa shape index (κ1) is 33.2. The summed E-state index contributed by atoms with van der Waals surface area (Å²) >= 11 is 4.87. The molecule has 0 radical (unpaired) electrons. The minimum absolute atomic E-state index is 0.214. The molecular formula is C47H38N4S. The molecule has 0 amide bonds. The van der Waals surface area contributed by atoms with Crippen molar-refractivity contribution in [2.75, 3.05) is 4.90 Å². The number of para-hydroxylation sites is 1. The summed E-state index contributed by atoms with van der Waals surface area (Å²) in [7, 11) is 0. The van der Waals surface area contributed by atoms with Crippen molar-refractivity contribution in [1.29, 1.82) is 0 Å². The molecule has 0 spiro atoms. The molecule has 2 unspecified atom stereocenters. The Kier molecular flexibility index (Phi) is 8.93. The maximum Gasteiger partial charge on any atom is 0.163 e. The van der Waals surface area contributed by atoms with E-state index in [1.165, 1.54) is 16.8 Å². The second-order valence-electron chi connectivity index (χ2n) is 13.5. The minimum atomic E-state index is -0.332. The number of fused-ring (bicyclic) bond motifs is 3. The van der Waals surface area contributed by atoms with Crippen molar-refractivity contribution < 1.29 is 0 Å². The number of anilines is 2. The summed E-state index contributed by atoms with van der Waals surface area (Å²) < 4.78 is 0. The SMILES string of the molecule is C#C/C(=C\C=C/C)c1ccc(C2=CCC3C(=C2)N(c2ccccc2)c2cc(-c4nc(-c5ccccc5)nc(C5(C)C=CC=CC5)n4)ccc23)cc1S. The molecule has 0 saturated carbocycles. The predicted molar refractivity (Wildman–Crippen MR) is 218 cm³/mol. The number of thiol groups is 1. The van der Waals surface area contributed by atoms with E-state index in [0.717, 1.165) is 62.8 Å². The quantitative estimate of drug-likeness (QED) is 0.105. The van der Waals surface area contributed by atoms with E-state index in [1.807, 2.05) is 43.4 Å². The zero-order chi connectivity index (χ0) is 35.7. The lowest BCUT2D eigenvalue weighted by molar-refractivity contribution is 0.554.